The van der Waals surface area contributed by atoms with Crippen LogP contribution in [0, 0.1) is 0 Å². The van der Waals surface area contributed by atoms with Crippen LogP contribution < -0.4 is 4.72 Å². The van der Waals surface area contributed by atoms with E-state index in [1.165, 1.54) is 0 Å². The van der Waals surface area contributed by atoms with Gasteiger partial charge >= 0.3 is 0 Å². The maximum Gasteiger partial charge on any atom is 0.211 e. The van der Waals surface area contributed by atoms with Gasteiger partial charge in [0.2, 0.25) is 10.0 Å². The van der Waals surface area contributed by atoms with Gasteiger partial charge in [-0.15, -0.1) is 0 Å². The summed E-state index contributed by atoms with van der Waals surface area (Å²) < 4.78 is 30.5. The molecule has 17 heavy (non-hydrogen) atoms. The molecule has 4 nitrogen and oxygen atoms in total. The van der Waals surface area contributed by atoms with Crippen LogP contribution in [-0.4, -0.2) is 27.3 Å². The van der Waals surface area contributed by atoms with Crippen LogP contribution in [0.3, 0.4) is 0 Å². The number of rotatable bonds is 8. The van der Waals surface area contributed by atoms with Crippen LogP contribution >= 0.6 is 0 Å². The largest absolute Gasteiger partial charge is 0.375 e. The van der Waals surface area contributed by atoms with Crippen molar-refractivity contribution in [1.82, 2.24) is 4.72 Å². The second kappa shape index (κ2) is 7.42. The minimum atomic E-state index is -3.11. The summed E-state index contributed by atoms with van der Waals surface area (Å²) in [4.78, 5) is 0. The summed E-state index contributed by atoms with van der Waals surface area (Å²) in [6.07, 6.45) is 0.625. The molecule has 0 saturated heterocycles. The highest BCUT2D eigenvalue weighted by atomic mass is 32.2. The first-order chi connectivity index (χ1) is 8.14. The van der Waals surface area contributed by atoms with E-state index in [4.69, 9.17) is 4.74 Å². The first-order valence-corrected chi connectivity index (χ1v) is 7.38. The maximum absolute atomic E-state index is 11.3. The monoisotopic (exact) mass is 257 g/mol. The molecule has 1 rings (SSSR count). The van der Waals surface area contributed by atoms with Crippen molar-refractivity contribution in [3.05, 3.63) is 35.9 Å². The third kappa shape index (κ3) is 6.41. The average molecular weight is 257 g/mol. The molecule has 0 heterocycles. The molecule has 0 unspecified atom stereocenters. The van der Waals surface area contributed by atoms with Gasteiger partial charge in [0.25, 0.3) is 0 Å². The Labute approximate surface area is 103 Å². The molecule has 1 aromatic rings. The highest BCUT2D eigenvalue weighted by molar-refractivity contribution is 7.89. The number of hydrogen-bond acceptors (Lipinski definition) is 3. The van der Waals surface area contributed by atoms with E-state index in [-0.39, 0.29) is 5.75 Å². The van der Waals surface area contributed by atoms with E-state index in [0.717, 1.165) is 5.56 Å². The van der Waals surface area contributed by atoms with E-state index in [2.05, 4.69) is 4.72 Å². The Hall–Kier alpha value is -0.910. The molecule has 5 heteroatoms. The van der Waals surface area contributed by atoms with E-state index in [1.807, 2.05) is 37.3 Å². The van der Waals surface area contributed by atoms with Gasteiger partial charge in [-0.05, 0) is 12.0 Å². The Morgan fingerprint density at radius 3 is 2.59 bits per heavy atom. The fourth-order valence-electron chi connectivity index (χ4n) is 1.37. The van der Waals surface area contributed by atoms with Crippen molar-refractivity contribution in [1.29, 1.82) is 0 Å². The SMILES string of the molecule is CCCS(=O)(=O)NCCOCc1ccccc1. The molecule has 0 aliphatic carbocycles. The summed E-state index contributed by atoms with van der Waals surface area (Å²) in [5, 5.41) is 0. The summed E-state index contributed by atoms with van der Waals surface area (Å²) in [5.41, 5.74) is 1.09. The van der Waals surface area contributed by atoms with Crippen molar-refractivity contribution in [3.63, 3.8) is 0 Å². The Morgan fingerprint density at radius 2 is 1.94 bits per heavy atom. The van der Waals surface area contributed by atoms with Crippen LogP contribution in [0.5, 0.6) is 0 Å². The van der Waals surface area contributed by atoms with Gasteiger partial charge < -0.3 is 4.74 Å². The minimum Gasteiger partial charge on any atom is -0.375 e. The lowest BCUT2D eigenvalue weighted by molar-refractivity contribution is 0.126. The number of sulfonamides is 1. The van der Waals surface area contributed by atoms with Gasteiger partial charge in [0.1, 0.15) is 0 Å². The molecule has 1 aromatic carbocycles. The normalized spacial score (nSPS) is 11.6. The van der Waals surface area contributed by atoms with Crippen molar-refractivity contribution in [2.45, 2.75) is 20.0 Å². The molecule has 0 saturated carbocycles. The van der Waals surface area contributed by atoms with Crippen LogP contribution in [0.2, 0.25) is 0 Å². The molecule has 0 atom stereocenters. The van der Waals surface area contributed by atoms with Gasteiger partial charge in [0.15, 0.2) is 0 Å². The van der Waals surface area contributed by atoms with E-state index >= 15 is 0 Å². The molecule has 0 amide bonds. The summed E-state index contributed by atoms with van der Waals surface area (Å²) in [7, 11) is -3.11. The van der Waals surface area contributed by atoms with E-state index < -0.39 is 10.0 Å². The smallest absolute Gasteiger partial charge is 0.211 e. The fraction of sp³-hybridized carbons (Fsp3) is 0.500. The first-order valence-electron chi connectivity index (χ1n) is 5.73. The standard InChI is InChI=1S/C12H19NO3S/c1-2-10-17(14,15)13-8-9-16-11-12-6-4-3-5-7-12/h3-7,13H,2,8-11H2,1H3. The zero-order valence-corrected chi connectivity index (χ0v) is 10.9. The topological polar surface area (TPSA) is 55.4 Å². The quantitative estimate of drug-likeness (QED) is 0.719. The highest BCUT2D eigenvalue weighted by Gasteiger charge is 2.06. The summed E-state index contributed by atoms with van der Waals surface area (Å²) in [6, 6.07) is 9.79. The molecular formula is C12H19NO3S. The predicted molar refractivity (Wildman–Crippen MR) is 68.2 cm³/mol. The first kappa shape index (κ1) is 14.2. The summed E-state index contributed by atoms with van der Waals surface area (Å²) >= 11 is 0. The van der Waals surface area contributed by atoms with Gasteiger partial charge in [-0.3, -0.25) is 0 Å². The summed E-state index contributed by atoms with van der Waals surface area (Å²) in [6.45, 7) is 3.06. The van der Waals surface area contributed by atoms with Crippen LogP contribution in [0.15, 0.2) is 30.3 Å². The van der Waals surface area contributed by atoms with Gasteiger partial charge in [0.05, 0.1) is 19.0 Å². The second-order valence-corrected chi connectivity index (χ2v) is 5.68. The van der Waals surface area contributed by atoms with Gasteiger partial charge in [0, 0.05) is 6.54 Å². The van der Waals surface area contributed by atoms with Gasteiger partial charge in [-0.2, -0.15) is 0 Å². The second-order valence-electron chi connectivity index (χ2n) is 3.75. The molecule has 0 aliphatic heterocycles. The zero-order chi connectivity index (χ0) is 12.6. The predicted octanol–water partition coefficient (Wildman–Crippen LogP) is 1.53. The number of hydrogen-bond donors (Lipinski definition) is 1. The number of nitrogens with one attached hydrogen (secondary N) is 1. The fourth-order valence-corrected chi connectivity index (χ4v) is 2.45. The van der Waals surface area contributed by atoms with E-state index in [9.17, 15) is 8.42 Å². The van der Waals surface area contributed by atoms with Crippen molar-refractivity contribution >= 4 is 10.0 Å². The minimum absolute atomic E-state index is 0.172. The Bertz CT molecular complexity index is 403. The molecule has 0 aromatic heterocycles. The molecule has 0 spiro atoms. The van der Waals surface area contributed by atoms with Crippen molar-refractivity contribution in [3.8, 4) is 0 Å². The lowest BCUT2D eigenvalue weighted by Gasteiger charge is -2.06. The lowest BCUT2D eigenvalue weighted by Crippen LogP contribution is -2.29. The van der Waals surface area contributed by atoms with Crippen LogP contribution in [0.1, 0.15) is 18.9 Å². The molecule has 0 bridgehead atoms. The Kier molecular flexibility index (Phi) is 6.18. The van der Waals surface area contributed by atoms with Crippen LogP contribution in [0.25, 0.3) is 0 Å². The lowest BCUT2D eigenvalue weighted by atomic mass is 10.2. The van der Waals surface area contributed by atoms with E-state index in [1.54, 1.807) is 0 Å². The van der Waals surface area contributed by atoms with Crippen LogP contribution in [0.4, 0.5) is 0 Å². The highest BCUT2D eigenvalue weighted by Crippen LogP contribution is 1.99. The van der Waals surface area contributed by atoms with Gasteiger partial charge in [-0.1, -0.05) is 37.3 Å². The maximum atomic E-state index is 11.3. The number of ether oxygens (including phenoxy) is 1. The molecular weight excluding hydrogens is 238 g/mol. The van der Waals surface area contributed by atoms with Crippen molar-refractivity contribution in [2.75, 3.05) is 18.9 Å². The molecule has 96 valence electrons. The summed E-state index contributed by atoms with van der Waals surface area (Å²) in [5.74, 6) is 0.172. The van der Waals surface area contributed by atoms with Crippen LogP contribution in [-0.2, 0) is 21.4 Å². The zero-order valence-electron chi connectivity index (χ0n) is 10.1. The van der Waals surface area contributed by atoms with Gasteiger partial charge in [-0.25, -0.2) is 13.1 Å². The average Bonchev–Trinajstić information content (AvgIpc) is 2.30. The molecule has 0 radical (unpaired) electrons. The molecule has 0 aliphatic rings. The Balaban J connectivity index is 2.13. The molecule has 1 N–H and O–H groups in total. The third-order valence-electron chi connectivity index (χ3n) is 2.15. The molecule has 0 fully saturated rings. The van der Waals surface area contributed by atoms with E-state index in [0.29, 0.717) is 26.2 Å². The number of benzene rings is 1. The van der Waals surface area contributed by atoms with Crippen molar-refractivity contribution < 1.29 is 13.2 Å². The Morgan fingerprint density at radius 1 is 1.24 bits per heavy atom. The van der Waals surface area contributed by atoms with Crippen molar-refractivity contribution in [2.24, 2.45) is 0 Å². The third-order valence-corrected chi connectivity index (χ3v) is 3.74.